The van der Waals surface area contributed by atoms with Gasteiger partial charge in [-0.1, -0.05) is 127 Å². The molecule has 0 fully saturated rings. The van der Waals surface area contributed by atoms with E-state index < -0.39 is 0 Å². The van der Waals surface area contributed by atoms with Crippen LogP contribution < -0.4 is 0 Å². The topological polar surface area (TPSA) is 35.6 Å². The standard InChI is InChI=1S/C44H28N4/c1-3-13-29(14-4-1)30-25-27-32(28-26-30)47-37-21-10-8-17-33(37)34-19-11-22-38-41(34)42-39(47)23-12-24-40(42)48(38)44-45-36-20-9-7-18-35(36)43(46-44)31-15-5-2-6-16-31/h1-28H. The maximum atomic E-state index is 5.32. The van der Waals surface area contributed by atoms with E-state index in [1.807, 2.05) is 12.1 Å². The second kappa shape index (κ2) is 10.5. The zero-order chi connectivity index (χ0) is 31.6. The molecule has 3 heterocycles. The number of rotatable bonds is 4. The van der Waals surface area contributed by atoms with Crippen LogP contribution in [0.1, 0.15) is 0 Å². The summed E-state index contributed by atoms with van der Waals surface area (Å²) < 4.78 is 4.66. The van der Waals surface area contributed by atoms with Crippen LogP contribution in [0.25, 0.3) is 88.5 Å². The van der Waals surface area contributed by atoms with Crippen LogP contribution in [0.5, 0.6) is 0 Å². The van der Waals surface area contributed by atoms with Gasteiger partial charge in [0.25, 0.3) is 0 Å². The van der Waals surface area contributed by atoms with Crippen LogP contribution in [-0.4, -0.2) is 19.1 Å². The Hall–Kier alpha value is -6.52. The van der Waals surface area contributed by atoms with Crippen LogP contribution in [0.3, 0.4) is 0 Å². The van der Waals surface area contributed by atoms with Gasteiger partial charge in [0.05, 0.1) is 33.3 Å². The van der Waals surface area contributed by atoms with Crippen molar-refractivity contribution in [3.05, 3.63) is 170 Å². The van der Waals surface area contributed by atoms with Crippen molar-refractivity contribution in [2.24, 2.45) is 0 Å². The van der Waals surface area contributed by atoms with Gasteiger partial charge in [-0.2, -0.15) is 0 Å². The second-order valence-electron chi connectivity index (χ2n) is 12.2. The molecule has 0 aliphatic rings. The molecule has 0 N–H and O–H groups in total. The van der Waals surface area contributed by atoms with Crippen molar-refractivity contribution in [1.29, 1.82) is 0 Å². The van der Waals surface area contributed by atoms with Gasteiger partial charge in [0.2, 0.25) is 5.95 Å². The number of hydrogen-bond acceptors (Lipinski definition) is 2. The van der Waals surface area contributed by atoms with E-state index in [0.29, 0.717) is 5.95 Å². The fourth-order valence-corrected chi connectivity index (χ4v) is 7.43. The molecule has 0 saturated carbocycles. The largest absolute Gasteiger partial charge is 0.309 e. The molecule has 7 aromatic carbocycles. The first-order valence-electron chi connectivity index (χ1n) is 16.3. The first-order valence-corrected chi connectivity index (χ1v) is 16.3. The molecule has 0 atom stereocenters. The smallest absolute Gasteiger partial charge is 0.235 e. The van der Waals surface area contributed by atoms with Gasteiger partial charge in [-0.15, -0.1) is 0 Å². The van der Waals surface area contributed by atoms with E-state index in [0.717, 1.165) is 49.9 Å². The summed E-state index contributed by atoms with van der Waals surface area (Å²) in [6.45, 7) is 0. The van der Waals surface area contributed by atoms with Gasteiger partial charge in [0.15, 0.2) is 0 Å². The maximum absolute atomic E-state index is 5.32. The maximum Gasteiger partial charge on any atom is 0.235 e. The Balaban J connectivity index is 1.32. The Morgan fingerprint density at radius 3 is 1.65 bits per heavy atom. The highest BCUT2D eigenvalue weighted by Crippen LogP contribution is 2.42. The molecule has 10 rings (SSSR count). The van der Waals surface area contributed by atoms with Crippen LogP contribution in [0.4, 0.5) is 0 Å². The van der Waals surface area contributed by atoms with Crippen LogP contribution in [0.2, 0.25) is 0 Å². The SMILES string of the molecule is c1ccc(-c2ccc(-n3c4ccccc4c4cccc5c4c4c3cccc4n5-c3nc(-c4ccccc4)c4ccccc4n3)cc2)cc1. The third-order valence-corrected chi connectivity index (χ3v) is 9.54. The minimum atomic E-state index is 0.662. The summed E-state index contributed by atoms with van der Waals surface area (Å²) in [5, 5.41) is 5.82. The minimum Gasteiger partial charge on any atom is -0.309 e. The predicted octanol–water partition coefficient (Wildman–Crippen LogP) is 11.2. The fraction of sp³-hybridized carbons (Fsp3) is 0. The Kier molecular flexibility index (Phi) is 5.84. The lowest BCUT2D eigenvalue weighted by Crippen LogP contribution is -2.03. The average molecular weight is 613 g/mol. The van der Waals surface area contributed by atoms with Gasteiger partial charge in [-0.25, -0.2) is 9.97 Å². The number of aromatic nitrogens is 4. The summed E-state index contributed by atoms with van der Waals surface area (Å²) in [6.07, 6.45) is 0. The zero-order valence-corrected chi connectivity index (χ0v) is 26.0. The van der Waals surface area contributed by atoms with Crippen LogP contribution >= 0.6 is 0 Å². The molecule has 10 aromatic rings. The molecule has 0 radical (unpaired) electrons. The molecule has 0 bridgehead atoms. The summed E-state index contributed by atoms with van der Waals surface area (Å²) >= 11 is 0. The quantitative estimate of drug-likeness (QED) is 0.198. The highest BCUT2D eigenvalue weighted by Gasteiger charge is 2.22. The second-order valence-corrected chi connectivity index (χ2v) is 12.2. The Labute approximate surface area is 276 Å². The molecule has 0 aliphatic carbocycles. The van der Waals surface area contributed by atoms with E-state index in [9.17, 15) is 0 Å². The molecule has 48 heavy (non-hydrogen) atoms. The number of para-hydroxylation sites is 2. The Morgan fingerprint density at radius 1 is 0.333 bits per heavy atom. The number of benzene rings is 7. The van der Waals surface area contributed by atoms with Crippen molar-refractivity contribution >= 4 is 54.5 Å². The first-order chi connectivity index (χ1) is 23.8. The summed E-state index contributed by atoms with van der Waals surface area (Å²) in [5.41, 5.74) is 10.9. The van der Waals surface area contributed by atoms with Crippen molar-refractivity contribution in [2.45, 2.75) is 0 Å². The lowest BCUT2D eigenvalue weighted by atomic mass is 10.1. The fourth-order valence-electron chi connectivity index (χ4n) is 7.43. The van der Waals surface area contributed by atoms with E-state index in [4.69, 9.17) is 9.97 Å². The summed E-state index contributed by atoms with van der Waals surface area (Å²) in [6, 6.07) is 60.1. The number of nitrogens with zero attached hydrogens (tertiary/aromatic N) is 4. The third-order valence-electron chi connectivity index (χ3n) is 9.54. The average Bonchev–Trinajstić information content (AvgIpc) is 3.44. The van der Waals surface area contributed by atoms with Crippen LogP contribution in [0, 0.1) is 0 Å². The van der Waals surface area contributed by atoms with Crippen LogP contribution in [-0.2, 0) is 0 Å². The van der Waals surface area contributed by atoms with Crippen molar-refractivity contribution < 1.29 is 0 Å². The molecule has 224 valence electrons. The summed E-state index contributed by atoms with van der Waals surface area (Å²) in [4.78, 5) is 10.5. The Morgan fingerprint density at radius 2 is 0.875 bits per heavy atom. The molecule has 0 unspecified atom stereocenters. The molecule has 0 aliphatic heterocycles. The van der Waals surface area contributed by atoms with Crippen molar-refractivity contribution in [1.82, 2.24) is 19.1 Å². The van der Waals surface area contributed by atoms with Gasteiger partial charge in [0, 0.05) is 32.8 Å². The zero-order valence-electron chi connectivity index (χ0n) is 26.0. The normalized spacial score (nSPS) is 11.8. The Bertz CT molecular complexity index is 2810. The van der Waals surface area contributed by atoms with Gasteiger partial charge >= 0.3 is 0 Å². The monoisotopic (exact) mass is 612 g/mol. The van der Waals surface area contributed by atoms with E-state index in [1.54, 1.807) is 0 Å². The van der Waals surface area contributed by atoms with E-state index >= 15 is 0 Å². The third kappa shape index (κ3) is 3.96. The lowest BCUT2D eigenvalue weighted by Gasteiger charge is -2.14. The number of fused-ring (bicyclic) bond motifs is 3. The molecular weight excluding hydrogens is 585 g/mol. The van der Waals surface area contributed by atoms with E-state index in [1.165, 1.54) is 32.7 Å². The molecule has 0 spiro atoms. The van der Waals surface area contributed by atoms with E-state index in [2.05, 4.69) is 167 Å². The molecule has 0 saturated heterocycles. The highest BCUT2D eigenvalue weighted by molar-refractivity contribution is 6.27. The minimum absolute atomic E-state index is 0.662. The molecule has 4 heteroatoms. The van der Waals surface area contributed by atoms with Crippen molar-refractivity contribution in [3.63, 3.8) is 0 Å². The van der Waals surface area contributed by atoms with Gasteiger partial charge in [0.1, 0.15) is 0 Å². The molecular formula is C44H28N4. The molecule has 4 nitrogen and oxygen atoms in total. The molecule has 0 amide bonds. The lowest BCUT2D eigenvalue weighted by molar-refractivity contribution is 1.01. The molecule has 3 aromatic heterocycles. The van der Waals surface area contributed by atoms with Gasteiger partial charge in [-0.05, 0) is 59.0 Å². The van der Waals surface area contributed by atoms with E-state index in [-0.39, 0.29) is 0 Å². The van der Waals surface area contributed by atoms with Gasteiger partial charge in [-0.3, -0.25) is 4.57 Å². The predicted molar refractivity (Wildman–Crippen MR) is 199 cm³/mol. The first kappa shape index (κ1) is 26.7. The summed E-state index contributed by atoms with van der Waals surface area (Å²) in [7, 11) is 0. The number of hydrogen-bond donors (Lipinski definition) is 0. The van der Waals surface area contributed by atoms with Crippen molar-refractivity contribution in [3.8, 4) is 34.0 Å². The highest BCUT2D eigenvalue weighted by atomic mass is 15.2. The summed E-state index contributed by atoms with van der Waals surface area (Å²) in [5.74, 6) is 0.662. The van der Waals surface area contributed by atoms with Crippen LogP contribution in [0.15, 0.2) is 170 Å². The van der Waals surface area contributed by atoms with Gasteiger partial charge < -0.3 is 4.57 Å². The van der Waals surface area contributed by atoms with Crippen molar-refractivity contribution in [2.75, 3.05) is 0 Å².